The zero-order valence-corrected chi connectivity index (χ0v) is 8.11. The highest BCUT2D eigenvalue weighted by Gasteiger charge is 2.17. The predicted molar refractivity (Wildman–Crippen MR) is 56.0 cm³/mol. The maximum atomic E-state index is 11.4. The van der Waals surface area contributed by atoms with E-state index in [1.807, 2.05) is 0 Å². The Bertz CT molecular complexity index is 234. The van der Waals surface area contributed by atoms with Crippen molar-refractivity contribution in [3.63, 3.8) is 0 Å². The number of amides is 2. The van der Waals surface area contributed by atoms with Gasteiger partial charge in [-0.2, -0.15) is 0 Å². The normalized spacial score (nSPS) is 8.86. The van der Waals surface area contributed by atoms with Gasteiger partial charge in [0.25, 0.3) is 0 Å². The van der Waals surface area contributed by atoms with E-state index in [1.54, 1.807) is 0 Å². The van der Waals surface area contributed by atoms with Crippen LogP contribution in [0.4, 0.5) is 0 Å². The van der Waals surface area contributed by atoms with Crippen LogP contribution in [0.15, 0.2) is 38.0 Å². The smallest absolute Gasteiger partial charge is 0.233 e. The molecule has 0 fully saturated rings. The molecule has 0 unspecified atom stereocenters. The van der Waals surface area contributed by atoms with E-state index in [0.717, 1.165) is 4.90 Å². The molecule has 0 atom stereocenters. The lowest BCUT2D eigenvalue weighted by molar-refractivity contribution is -0.141. The van der Waals surface area contributed by atoms with Crippen LogP contribution in [0.25, 0.3) is 0 Å². The Morgan fingerprint density at radius 3 is 1.71 bits per heavy atom. The third-order valence-corrected chi connectivity index (χ3v) is 1.43. The van der Waals surface area contributed by atoms with E-state index in [-0.39, 0.29) is 24.7 Å². The molecule has 0 N–H and O–H groups in total. The van der Waals surface area contributed by atoms with Crippen molar-refractivity contribution in [1.29, 1.82) is 0 Å². The molecule has 0 aliphatic carbocycles. The van der Waals surface area contributed by atoms with E-state index in [2.05, 4.69) is 19.7 Å². The van der Waals surface area contributed by atoms with Crippen LogP contribution >= 0.6 is 0 Å². The highest BCUT2D eigenvalue weighted by atomic mass is 16.2. The van der Waals surface area contributed by atoms with Crippen LogP contribution in [0, 0.1) is 6.54 Å². The number of rotatable bonds is 6. The number of hydrogen-bond acceptors (Lipinski definition) is 2. The first-order chi connectivity index (χ1) is 6.67. The van der Waals surface area contributed by atoms with Gasteiger partial charge in [-0.25, -0.2) is 0 Å². The van der Waals surface area contributed by atoms with Crippen molar-refractivity contribution >= 4 is 11.8 Å². The Morgan fingerprint density at radius 1 is 1.00 bits per heavy atom. The maximum absolute atomic E-state index is 11.4. The van der Waals surface area contributed by atoms with Gasteiger partial charge in [0, 0.05) is 12.8 Å². The zero-order chi connectivity index (χ0) is 11.0. The van der Waals surface area contributed by atoms with Crippen LogP contribution in [0.2, 0.25) is 0 Å². The van der Waals surface area contributed by atoms with E-state index in [9.17, 15) is 9.59 Å². The SMILES string of the molecule is C=C[CH]N(C(=O)CC=C)C(=O)CC=C. The average Bonchev–Trinajstić information content (AvgIpc) is 2.14. The standard InChI is InChI=1S/C11H14NO2/c1-4-7-10(13)12(9-6-3)11(14)8-5-2/h4-6,9H,1-3,7-8H2. The molecule has 0 spiro atoms. The van der Waals surface area contributed by atoms with Gasteiger partial charge in [-0.15, -0.1) is 19.7 Å². The van der Waals surface area contributed by atoms with Gasteiger partial charge in [0.05, 0.1) is 6.54 Å². The highest BCUT2D eigenvalue weighted by molar-refractivity contribution is 5.97. The van der Waals surface area contributed by atoms with Gasteiger partial charge in [0.1, 0.15) is 0 Å². The summed E-state index contributed by atoms with van der Waals surface area (Å²) in [6.45, 7) is 11.6. The van der Waals surface area contributed by atoms with Crippen molar-refractivity contribution in [2.75, 3.05) is 0 Å². The first-order valence-electron chi connectivity index (χ1n) is 4.20. The minimum Gasteiger partial charge on any atom is -0.274 e. The fourth-order valence-electron chi connectivity index (χ4n) is 0.854. The van der Waals surface area contributed by atoms with E-state index in [1.165, 1.54) is 24.8 Å². The molecule has 0 aromatic rings. The largest absolute Gasteiger partial charge is 0.274 e. The molecule has 0 aromatic heterocycles. The van der Waals surface area contributed by atoms with Crippen LogP contribution in [-0.2, 0) is 9.59 Å². The van der Waals surface area contributed by atoms with E-state index >= 15 is 0 Å². The lowest BCUT2D eigenvalue weighted by Crippen LogP contribution is -2.33. The number of imide groups is 1. The van der Waals surface area contributed by atoms with Gasteiger partial charge in [0.15, 0.2) is 0 Å². The van der Waals surface area contributed by atoms with Crippen molar-refractivity contribution in [2.24, 2.45) is 0 Å². The second-order valence-electron chi connectivity index (χ2n) is 2.53. The Morgan fingerprint density at radius 2 is 1.43 bits per heavy atom. The summed E-state index contributed by atoms with van der Waals surface area (Å²) in [7, 11) is 0. The molecule has 0 heterocycles. The van der Waals surface area contributed by atoms with Gasteiger partial charge in [-0.3, -0.25) is 14.5 Å². The summed E-state index contributed by atoms with van der Waals surface area (Å²) in [5.74, 6) is -0.626. The van der Waals surface area contributed by atoms with E-state index in [0.29, 0.717) is 0 Å². The molecular formula is C11H14NO2. The number of hydrogen-bond donors (Lipinski definition) is 0. The molecule has 1 radical (unpaired) electrons. The summed E-state index contributed by atoms with van der Waals surface area (Å²) in [5, 5.41) is 0. The van der Waals surface area contributed by atoms with Gasteiger partial charge in [-0.1, -0.05) is 18.2 Å². The molecule has 0 saturated heterocycles. The molecule has 14 heavy (non-hydrogen) atoms. The van der Waals surface area contributed by atoms with Gasteiger partial charge >= 0.3 is 0 Å². The first-order valence-corrected chi connectivity index (χ1v) is 4.20. The van der Waals surface area contributed by atoms with Crippen molar-refractivity contribution < 1.29 is 9.59 Å². The molecule has 0 aromatic carbocycles. The van der Waals surface area contributed by atoms with Crippen LogP contribution in [0.5, 0.6) is 0 Å². The highest BCUT2D eigenvalue weighted by Crippen LogP contribution is 2.03. The van der Waals surface area contributed by atoms with E-state index < -0.39 is 0 Å². The van der Waals surface area contributed by atoms with Crippen molar-refractivity contribution in [1.82, 2.24) is 4.90 Å². The van der Waals surface area contributed by atoms with Crippen LogP contribution in [0.1, 0.15) is 12.8 Å². The van der Waals surface area contributed by atoms with Crippen molar-refractivity contribution in [2.45, 2.75) is 12.8 Å². The third-order valence-electron chi connectivity index (χ3n) is 1.43. The summed E-state index contributed by atoms with van der Waals surface area (Å²) in [4.78, 5) is 23.8. The maximum Gasteiger partial charge on any atom is 0.233 e. The summed E-state index contributed by atoms with van der Waals surface area (Å²) in [6, 6.07) is 0. The van der Waals surface area contributed by atoms with Crippen LogP contribution in [-0.4, -0.2) is 16.7 Å². The summed E-state index contributed by atoms with van der Waals surface area (Å²) < 4.78 is 0. The van der Waals surface area contributed by atoms with Crippen molar-refractivity contribution in [3.8, 4) is 0 Å². The molecule has 75 valence electrons. The summed E-state index contributed by atoms with van der Waals surface area (Å²) in [6.07, 6.45) is 4.56. The topological polar surface area (TPSA) is 37.4 Å². The monoisotopic (exact) mass is 192 g/mol. The second kappa shape index (κ2) is 6.83. The molecule has 0 rings (SSSR count). The van der Waals surface area contributed by atoms with Crippen molar-refractivity contribution in [3.05, 3.63) is 44.5 Å². The zero-order valence-electron chi connectivity index (χ0n) is 8.11. The van der Waals surface area contributed by atoms with E-state index in [4.69, 9.17) is 0 Å². The van der Waals surface area contributed by atoms with Crippen LogP contribution < -0.4 is 0 Å². The molecule has 3 heteroatoms. The minimum absolute atomic E-state index is 0.132. The third kappa shape index (κ3) is 3.85. The Kier molecular flexibility index (Phi) is 6.03. The fraction of sp³-hybridized carbons (Fsp3) is 0.182. The minimum atomic E-state index is -0.313. The fourth-order valence-corrected chi connectivity index (χ4v) is 0.854. The molecule has 0 aliphatic rings. The molecule has 2 amide bonds. The second-order valence-corrected chi connectivity index (χ2v) is 2.53. The number of carbonyl (C=O) groups is 2. The Balaban J connectivity index is 4.47. The van der Waals surface area contributed by atoms with Crippen LogP contribution in [0.3, 0.4) is 0 Å². The Labute approximate surface area is 84.4 Å². The van der Waals surface area contributed by atoms with Gasteiger partial charge in [0.2, 0.25) is 11.8 Å². The molecule has 0 saturated carbocycles. The molecule has 0 aliphatic heterocycles. The van der Waals surface area contributed by atoms with Gasteiger partial charge < -0.3 is 0 Å². The number of carbonyl (C=O) groups excluding carboxylic acids is 2. The molecular weight excluding hydrogens is 178 g/mol. The lowest BCUT2D eigenvalue weighted by Gasteiger charge is -2.16. The quantitative estimate of drug-likeness (QED) is 0.602. The summed E-state index contributed by atoms with van der Waals surface area (Å²) >= 11 is 0. The first kappa shape index (κ1) is 12.4. The van der Waals surface area contributed by atoms with Gasteiger partial charge in [-0.05, 0) is 0 Å². The predicted octanol–water partition coefficient (Wildman–Crippen LogP) is 1.84. The Hall–Kier alpha value is -1.64. The molecule has 3 nitrogen and oxygen atoms in total. The average molecular weight is 192 g/mol. The molecule has 0 bridgehead atoms. The number of nitrogens with zero attached hydrogens (tertiary/aromatic N) is 1. The summed E-state index contributed by atoms with van der Waals surface area (Å²) in [5.41, 5.74) is 0. The lowest BCUT2D eigenvalue weighted by atomic mass is 10.3.